The lowest BCUT2D eigenvalue weighted by Crippen LogP contribution is -2.37. The Morgan fingerprint density at radius 3 is 2.40 bits per heavy atom. The maximum Gasteiger partial charge on any atom is 0.225 e. The first-order valence-corrected chi connectivity index (χ1v) is 6.59. The zero-order chi connectivity index (χ0) is 11.7. The lowest BCUT2D eigenvalue weighted by molar-refractivity contribution is -0.135. The molecule has 0 aromatic carbocycles. The number of amides is 1. The predicted octanol–water partition coefficient (Wildman–Crippen LogP) is 3.29. The van der Waals surface area contributed by atoms with Gasteiger partial charge in [-0.15, -0.1) is 11.6 Å². The summed E-state index contributed by atoms with van der Waals surface area (Å²) >= 11 is 5.68. The van der Waals surface area contributed by atoms with Crippen molar-refractivity contribution in [2.24, 2.45) is 5.92 Å². The van der Waals surface area contributed by atoms with Crippen LogP contribution in [0.3, 0.4) is 0 Å². The monoisotopic (exact) mass is 233 g/mol. The van der Waals surface area contributed by atoms with Gasteiger partial charge in [0.25, 0.3) is 0 Å². The van der Waals surface area contributed by atoms with Gasteiger partial charge < -0.3 is 4.90 Å². The molecule has 2 nitrogen and oxygen atoms in total. The molecule has 0 bridgehead atoms. The number of nitrogens with zero attached hydrogens (tertiary/aromatic N) is 1. The van der Waals surface area contributed by atoms with Crippen molar-refractivity contribution < 1.29 is 4.79 Å². The Kier molecular flexibility index (Phi) is 8.88. The third-order valence-corrected chi connectivity index (χ3v) is 2.97. The lowest BCUT2D eigenvalue weighted by Gasteiger charge is -2.25. The summed E-state index contributed by atoms with van der Waals surface area (Å²) < 4.78 is 0. The van der Waals surface area contributed by atoms with Crippen LogP contribution in [-0.2, 0) is 4.79 Å². The van der Waals surface area contributed by atoms with E-state index in [1.54, 1.807) is 0 Å². The fraction of sp³-hybridized carbons (Fsp3) is 0.917. The molecule has 3 heteroatoms. The Balaban J connectivity index is 4.20. The molecule has 90 valence electrons. The van der Waals surface area contributed by atoms with Crippen molar-refractivity contribution in [3.8, 4) is 0 Å². The second-order valence-electron chi connectivity index (χ2n) is 3.85. The first-order chi connectivity index (χ1) is 7.21. The highest BCUT2D eigenvalue weighted by Crippen LogP contribution is 2.15. The highest BCUT2D eigenvalue weighted by Gasteiger charge is 2.20. The normalized spacial score (nSPS) is 12.5. The molecule has 0 saturated heterocycles. The van der Waals surface area contributed by atoms with Crippen LogP contribution in [0.25, 0.3) is 0 Å². The van der Waals surface area contributed by atoms with Gasteiger partial charge in [0, 0.05) is 24.9 Å². The van der Waals surface area contributed by atoms with E-state index in [9.17, 15) is 4.79 Å². The number of halogens is 1. The first kappa shape index (κ1) is 14.8. The van der Waals surface area contributed by atoms with Gasteiger partial charge in [0.1, 0.15) is 0 Å². The van der Waals surface area contributed by atoms with Crippen LogP contribution in [0.5, 0.6) is 0 Å². The van der Waals surface area contributed by atoms with Crippen molar-refractivity contribution in [2.75, 3.05) is 19.0 Å². The quantitative estimate of drug-likeness (QED) is 0.590. The van der Waals surface area contributed by atoms with E-state index in [4.69, 9.17) is 11.6 Å². The van der Waals surface area contributed by atoms with Gasteiger partial charge in [0.15, 0.2) is 0 Å². The Hall–Kier alpha value is -0.240. The molecule has 0 aliphatic rings. The number of carbonyl (C=O) groups excluding carboxylic acids is 1. The van der Waals surface area contributed by atoms with Gasteiger partial charge in [-0.1, -0.05) is 26.7 Å². The van der Waals surface area contributed by atoms with E-state index in [0.29, 0.717) is 12.4 Å². The fourth-order valence-electron chi connectivity index (χ4n) is 1.74. The number of hydrogen-bond acceptors (Lipinski definition) is 1. The zero-order valence-corrected chi connectivity index (χ0v) is 11.0. The van der Waals surface area contributed by atoms with Crippen LogP contribution in [0.2, 0.25) is 0 Å². The predicted molar refractivity (Wildman–Crippen MR) is 66.3 cm³/mol. The van der Waals surface area contributed by atoms with Crippen LogP contribution < -0.4 is 0 Å². The standard InChI is InChI=1S/C12H24ClNO/c1-4-7-8-11(5-2)12(15)14(6-3)10-9-13/h11H,4-10H2,1-3H3. The summed E-state index contributed by atoms with van der Waals surface area (Å²) in [6.07, 6.45) is 4.26. The molecule has 1 unspecified atom stereocenters. The van der Waals surface area contributed by atoms with Gasteiger partial charge in [0.05, 0.1) is 0 Å². The molecule has 0 saturated carbocycles. The molecule has 0 N–H and O–H groups in total. The molecule has 0 aliphatic heterocycles. The zero-order valence-electron chi connectivity index (χ0n) is 10.3. The molecule has 0 aliphatic carbocycles. The second kappa shape index (κ2) is 9.02. The maximum atomic E-state index is 12.1. The van der Waals surface area contributed by atoms with Crippen LogP contribution >= 0.6 is 11.6 Å². The van der Waals surface area contributed by atoms with Crippen molar-refractivity contribution in [3.05, 3.63) is 0 Å². The molecular formula is C12H24ClNO. The van der Waals surface area contributed by atoms with Gasteiger partial charge >= 0.3 is 0 Å². The third kappa shape index (κ3) is 5.41. The fourth-order valence-corrected chi connectivity index (χ4v) is 1.94. The van der Waals surface area contributed by atoms with Crippen molar-refractivity contribution in [3.63, 3.8) is 0 Å². The van der Waals surface area contributed by atoms with E-state index in [2.05, 4.69) is 13.8 Å². The van der Waals surface area contributed by atoms with E-state index in [0.717, 1.165) is 32.2 Å². The summed E-state index contributed by atoms with van der Waals surface area (Å²) in [7, 11) is 0. The van der Waals surface area contributed by atoms with Crippen LogP contribution in [0.4, 0.5) is 0 Å². The van der Waals surface area contributed by atoms with Gasteiger partial charge in [-0.3, -0.25) is 4.79 Å². The lowest BCUT2D eigenvalue weighted by atomic mass is 9.98. The first-order valence-electron chi connectivity index (χ1n) is 6.05. The van der Waals surface area contributed by atoms with Gasteiger partial charge in [-0.2, -0.15) is 0 Å². The highest BCUT2D eigenvalue weighted by atomic mass is 35.5. The van der Waals surface area contributed by atoms with Gasteiger partial charge in [-0.25, -0.2) is 0 Å². The summed E-state index contributed by atoms with van der Waals surface area (Å²) in [5.41, 5.74) is 0. The molecule has 0 spiro atoms. The van der Waals surface area contributed by atoms with Crippen molar-refractivity contribution in [1.29, 1.82) is 0 Å². The Morgan fingerprint density at radius 2 is 2.00 bits per heavy atom. The topological polar surface area (TPSA) is 20.3 Å². The molecule has 0 fully saturated rings. The average Bonchev–Trinajstić information content (AvgIpc) is 2.26. The molecule has 0 heterocycles. The molecule has 15 heavy (non-hydrogen) atoms. The molecular weight excluding hydrogens is 210 g/mol. The van der Waals surface area contributed by atoms with Crippen molar-refractivity contribution in [2.45, 2.75) is 46.5 Å². The smallest absolute Gasteiger partial charge is 0.225 e. The van der Waals surface area contributed by atoms with E-state index >= 15 is 0 Å². The van der Waals surface area contributed by atoms with Crippen molar-refractivity contribution >= 4 is 17.5 Å². The SMILES string of the molecule is CCCCC(CC)C(=O)N(CC)CCCl. The Labute approximate surface area is 99.0 Å². The van der Waals surface area contributed by atoms with Crippen molar-refractivity contribution in [1.82, 2.24) is 4.90 Å². The summed E-state index contributed by atoms with van der Waals surface area (Å²) in [4.78, 5) is 13.9. The van der Waals surface area contributed by atoms with Gasteiger partial charge in [-0.05, 0) is 19.8 Å². The number of rotatable bonds is 8. The average molecular weight is 234 g/mol. The Morgan fingerprint density at radius 1 is 1.33 bits per heavy atom. The van der Waals surface area contributed by atoms with E-state index < -0.39 is 0 Å². The molecule has 1 atom stereocenters. The summed E-state index contributed by atoms with van der Waals surface area (Å²) in [6.45, 7) is 7.71. The van der Waals surface area contributed by atoms with Crippen LogP contribution in [0, 0.1) is 5.92 Å². The molecule has 1 amide bonds. The van der Waals surface area contributed by atoms with Crippen LogP contribution in [0.15, 0.2) is 0 Å². The highest BCUT2D eigenvalue weighted by molar-refractivity contribution is 6.18. The number of carbonyl (C=O) groups is 1. The molecule has 0 radical (unpaired) electrons. The summed E-state index contributed by atoms with van der Waals surface area (Å²) in [5, 5.41) is 0. The second-order valence-corrected chi connectivity index (χ2v) is 4.23. The maximum absolute atomic E-state index is 12.1. The molecule has 0 rings (SSSR count). The molecule has 0 aromatic heterocycles. The van der Waals surface area contributed by atoms with E-state index in [1.165, 1.54) is 0 Å². The number of alkyl halides is 1. The van der Waals surface area contributed by atoms with Crippen LogP contribution in [0.1, 0.15) is 46.5 Å². The number of hydrogen-bond donors (Lipinski definition) is 0. The minimum Gasteiger partial charge on any atom is -0.342 e. The van der Waals surface area contributed by atoms with Gasteiger partial charge in [0.2, 0.25) is 5.91 Å². The Bertz CT molecular complexity index is 173. The van der Waals surface area contributed by atoms with Crippen LogP contribution in [-0.4, -0.2) is 29.8 Å². The van der Waals surface area contributed by atoms with E-state index in [1.807, 2.05) is 11.8 Å². The molecule has 0 aromatic rings. The summed E-state index contributed by atoms with van der Waals surface area (Å²) in [6, 6.07) is 0. The minimum atomic E-state index is 0.202. The third-order valence-electron chi connectivity index (χ3n) is 2.80. The summed E-state index contributed by atoms with van der Waals surface area (Å²) in [5.74, 6) is 1.02. The minimum absolute atomic E-state index is 0.202. The number of unbranched alkanes of at least 4 members (excludes halogenated alkanes) is 1. The largest absolute Gasteiger partial charge is 0.342 e. The van der Waals surface area contributed by atoms with E-state index in [-0.39, 0.29) is 11.8 Å².